The van der Waals surface area contributed by atoms with E-state index in [-0.39, 0.29) is 24.9 Å². The topological polar surface area (TPSA) is 122 Å². The van der Waals surface area contributed by atoms with Crippen LogP contribution in [0.15, 0.2) is 0 Å². The average molecular weight is 301 g/mol. The van der Waals surface area contributed by atoms with Gasteiger partial charge in [-0.05, 0) is 12.3 Å². The lowest BCUT2D eigenvalue weighted by Gasteiger charge is -2.37. The van der Waals surface area contributed by atoms with E-state index in [1.165, 1.54) is 4.90 Å². The van der Waals surface area contributed by atoms with Crippen LogP contribution in [0.4, 0.5) is 4.79 Å². The Labute approximate surface area is 123 Å². The number of nitrogens with two attached hydrogens (primary N) is 1. The van der Waals surface area contributed by atoms with E-state index in [9.17, 15) is 14.4 Å². The van der Waals surface area contributed by atoms with Crippen molar-refractivity contribution in [3.05, 3.63) is 0 Å². The van der Waals surface area contributed by atoms with E-state index in [0.717, 1.165) is 0 Å². The summed E-state index contributed by atoms with van der Waals surface area (Å²) in [6, 6.07) is -2.03. The SMILES string of the molecule is CC(C)CC(NC(N)=O)C(=O)N1CCOCC1CC(=O)O. The zero-order valence-electron chi connectivity index (χ0n) is 12.4. The van der Waals surface area contributed by atoms with Crippen LogP contribution in [0.5, 0.6) is 0 Å². The second kappa shape index (κ2) is 7.82. The number of nitrogens with one attached hydrogen (secondary N) is 1. The number of hydrogen-bond donors (Lipinski definition) is 3. The van der Waals surface area contributed by atoms with E-state index >= 15 is 0 Å². The molecule has 1 fully saturated rings. The molecule has 1 aliphatic rings. The molecular formula is C13H23N3O5. The van der Waals surface area contributed by atoms with Gasteiger partial charge in [-0.3, -0.25) is 9.59 Å². The van der Waals surface area contributed by atoms with Crippen LogP contribution in [-0.2, 0) is 14.3 Å². The van der Waals surface area contributed by atoms with Crippen molar-refractivity contribution in [3.63, 3.8) is 0 Å². The molecule has 0 bridgehead atoms. The standard InChI is InChI=1S/C13H23N3O5/c1-8(2)5-10(15-13(14)20)12(19)16-3-4-21-7-9(16)6-11(17)18/h8-10H,3-7H2,1-2H3,(H,17,18)(H3,14,15,20). The molecule has 8 nitrogen and oxygen atoms in total. The Morgan fingerprint density at radius 1 is 1.43 bits per heavy atom. The molecule has 1 aliphatic heterocycles. The van der Waals surface area contributed by atoms with Gasteiger partial charge in [0.1, 0.15) is 6.04 Å². The molecule has 8 heteroatoms. The highest BCUT2D eigenvalue weighted by Crippen LogP contribution is 2.15. The number of carbonyl (C=O) groups excluding carboxylic acids is 2. The number of nitrogens with zero attached hydrogens (tertiary/aromatic N) is 1. The molecule has 3 amide bonds. The van der Waals surface area contributed by atoms with Crippen molar-refractivity contribution in [1.82, 2.24) is 10.2 Å². The van der Waals surface area contributed by atoms with Crippen LogP contribution in [0.25, 0.3) is 0 Å². The van der Waals surface area contributed by atoms with Crippen LogP contribution in [0.3, 0.4) is 0 Å². The zero-order chi connectivity index (χ0) is 16.0. The van der Waals surface area contributed by atoms with Crippen molar-refractivity contribution in [1.29, 1.82) is 0 Å². The lowest BCUT2D eigenvalue weighted by Crippen LogP contribution is -2.57. The van der Waals surface area contributed by atoms with Crippen LogP contribution in [0.2, 0.25) is 0 Å². The van der Waals surface area contributed by atoms with E-state index in [0.29, 0.717) is 19.6 Å². The van der Waals surface area contributed by atoms with Gasteiger partial charge in [0.25, 0.3) is 0 Å². The van der Waals surface area contributed by atoms with E-state index in [1.54, 1.807) is 0 Å². The van der Waals surface area contributed by atoms with Crippen molar-refractivity contribution in [3.8, 4) is 0 Å². The summed E-state index contributed by atoms with van der Waals surface area (Å²) in [4.78, 5) is 36.0. The Hall–Kier alpha value is -1.83. The molecule has 1 heterocycles. The number of morpholine rings is 1. The smallest absolute Gasteiger partial charge is 0.312 e. The molecule has 2 atom stereocenters. The number of hydrogen-bond acceptors (Lipinski definition) is 4. The van der Waals surface area contributed by atoms with Gasteiger partial charge in [0.05, 0.1) is 25.7 Å². The third-order valence-electron chi connectivity index (χ3n) is 3.24. The second-order valence-corrected chi connectivity index (χ2v) is 5.55. The normalized spacial score (nSPS) is 20.1. The number of carbonyl (C=O) groups is 3. The Morgan fingerprint density at radius 2 is 2.10 bits per heavy atom. The van der Waals surface area contributed by atoms with Gasteiger partial charge >= 0.3 is 12.0 Å². The largest absolute Gasteiger partial charge is 0.481 e. The lowest BCUT2D eigenvalue weighted by molar-refractivity contribution is -0.147. The molecular weight excluding hydrogens is 278 g/mol. The minimum atomic E-state index is -0.994. The van der Waals surface area contributed by atoms with Gasteiger partial charge in [-0.2, -0.15) is 0 Å². The summed E-state index contributed by atoms with van der Waals surface area (Å²) in [6.45, 7) is 4.70. The van der Waals surface area contributed by atoms with E-state index in [2.05, 4.69) is 5.32 Å². The summed E-state index contributed by atoms with van der Waals surface area (Å²) >= 11 is 0. The summed E-state index contributed by atoms with van der Waals surface area (Å²) < 4.78 is 5.24. The summed E-state index contributed by atoms with van der Waals surface area (Å²) in [7, 11) is 0. The highest BCUT2D eigenvalue weighted by molar-refractivity contribution is 5.87. The molecule has 1 rings (SSSR count). The first-order valence-electron chi connectivity index (χ1n) is 6.97. The maximum absolute atomic E-state index is 12.6. The van der Waals surface area contributed by atoms with Gasteiger partial charge in [0.2, 0.25) is 5.91 Å². The number of primary amides is 1. The molecule has 0 aliphatic carbocycles. The lowest BCUT2D eigenvalue weighted by atomic mass is 10.0. The van der Waals surface area contributed by atoms with Crippen LogP contribution in [-0.4, -0.2) is 59.8 Å². The summed E-state index contributed by atoms with van der Waals surface area (Å²) in [5.41, 5.74) is 5.11. The van der Waals surface area contributed by atoms with Crippen LogP contribution >= 0.6 is 0 Å². The first kappa shape index (κ1) is 17.2. The molecule has 4 N–H and O–H groups in total. The summed E-state index contributed by atoms with van der Waals surface area (Å²) in [6.07, 6.45) is 0.260. The number of rotatable bonds is 6. The van der Waals surface area contributed by atoms with Crippen LogP contribution in [0.1, 0.15) is 26.7 Å². The van der Waals surface area contributed by atoms with E-state index in [1.807, 2.05) is 13.8 Å². The third kappa shape index (κ3) is 5.58. The maximum Gasteiger partial charge on any atom is 0.312 e. The Kier molecular flexibility index (Phi) is 6.41. The Balaban J connectivity index is 2.82. The zero-order valence-corrected chi connectivity index (χ0v) is 12.4. The third-order valence-corrected chi connectivity index (χ3v) is 3.24. The number of carboxylic acid groups (broad SMARTS) is 1. The number of ether oxygens (including phenoxy) is 1. The molecule has 0 spiro atoms. The van der Waals surface area contributed by atoms with Crippen molar-refractivity contribution in [2.75, 3.05) is 19.8 Å². The maximum atomic E-state index is 12.6. The molecule has 0 aromatic heterocycles. The Morgan fingerprint density at radius 3 is 2.62 bits per heavy atom. The van der Waals surface area contributed by atoms with Crippen LogP contribution < -0.4 is 11.1 Å². The van der Waals surface area contributed by atoms with Gasteiger partial charge < -0.3 is 25.8 Å². The van der Waals surface area contributed by atoms with Crippen molar-refractivity contribution in [2.45, 2.75) is 38.8 Å². The molecule has 0 aromatic carbocycles. The molecule has 0 saturated carbocycles. The minimum Gasteiger partial charge on any atom is -0.481 e. The monoisotopic (exact) mass is 301 g/mol. The Bertz CT molecular complexity index is 399. The van der Waals surface area contributed by atoms with Crippen LogP contribution in [0, 0.1) is 5.92 Å². The predicted molar refractivity (Wildman–Crippen MR) is 74.5 cm³/mol. The molecule has 120 valence electrons. The van der Waals surface area contributed by atoms with Gasteiger partial charge in [-0.25, -0.2) is 4.79 Å². The second-order valence-electron chi connectivity index (χ2n) is 5.55. The molecule has 1 saturated heterocycles. The quantitative estimate of drug-likeness (QED) is 0.625. The number of carboxylic acids is 1. The van der Waals surface area contributed by atoms with E-state index in [4.69, 9.17) is 15.6 Å². The average Bonchev–Trinajstić information content (AvgIpc) is 2.36. The van der Waals surface area contributed by atoms with Gasteiger partial charge in [-0.1, -0.05) is 13.8 Å². The predicted octanol–water partition coefficient (Wildman–Crippen LogP) is -0.228. The summed E-state index contributed by atoms with van der Waals surface area (Å²) in [5.74, 6) is -1.12. The fourth-order valence-corrected chi connectivity index (χ4v) is 2.38. The fraction of sp³-hybridized carbons (Fsp3) is 0.769. The summed E-state index contributed by atoms with van der Waals surface area (Å²) in [5, 5.41) is 11.4. The van der Waals surface area contributed by atoms with Gasteiger partial charge in [0.15, 0.2) is 0 Å². The van der Waals surface area contributed by atoms with Gasteiger partial charge in [-0.15, -0.1) is 0 Å². The fourth-order valence-electron chi connectivity index (χ4n) is 2.38. The number of urea groups is 1. The molecule has 0 radical (unpaired) electrons. The minimum absolute atomic E-state index is 0.184. The van der Waals surface area contributed by atoms with Crippen molar-refractivity contribution in [2.24, 2.45) is 11.7 Å². The van der Waals surface area contributed by atoms with Gasteiger partial charge in [0, 0.05) is 6.54 Å². The van der Waals surface area contributed by atoms with Crippen molar-refractivity contribution >= 4 is 17.9 Å². The number of amides is 3. The van der Waals surface area contributed by atoms with Crippen molar-refractivity contribution < 1.29 is 24.2 Å². The highest BCUT2D eigenvalue weighted by Gasteiger charge is 2.33. The first-order chi connectivity index (χ1) is 9.81. The molecule has 21 heavy (non-hydrogen) atoms. The van der Waals surface area contributed by atoms with E-state index < -0.39 is 24.1 Å². The molecule has 0 aromatic rings. The molecule has 2 unspecified atom stereocenters. The number of aliphatic carboxylic acids is 1. The first-order valence-corrected chi connectivity index (χ1v) is 6.97. The highest BCUT2D eigenvalue weighted by atomic mass is 16.5.